The van der Waals surface area contributed by atoms with Crippen LogP contribution in [0.2, 0.25) is 0 Å². The number of nitrogens with zero attached hydrogens (tertiary/aromatic N) is 3. The van der Waals surface area contributed by atoms with Gasteiger partial charge in [-0.2, -0.15) is 8.75 Å². The van der Waals surface area contributed by atoms with Crippen LogP contribution >= 0.6 is 11.7 Å². The Morgan fingerprint density at radius 3 is 2.88 bits per heavy atom. The molecule has 25 heavy (non-hydrogen) atoms. The minimum atomic E-state index is -0.428. The zero-order valence-electron chi connectivity index (χ0n) is 12.9. The summed E-state index contributed by atoms with van der Waals surface area (Å²) in [6, 6.07) is 16.5. The fraction of sp³-hybridized carbons (Fsp3) is 0.0588. The molecule has 0 saturated carbocycles. The molecule has 0 radical (unpaired) electrons. The van der Waals surface area contributed by atoms with E-state index in [4.69, 9.17) is 9.26 Å². The molecule has 2 aromatic heterocycles. The van der Waals surface area contributed by atoms with Gasteiger partial charge < -0.3 is 14.6 Å². The van der Waals surface area contributed by atoms with Crippen LogP contribution in [0.3, 0.4) is 0 Å². The lowest BCUT2D eigenvalue weighted by molar-refractivity contribution is 0.0987. The predicted octanol–water partition coefficient (Wildman–Crippen LogP) is 3.51. The van der Waals surface area contributed by atoms with Gasteiger partial charge in [-0.05, 0) is 22.9 Å². The summed E-state index contributed by atoms with van der Waals surface area (Å²) in [5, 5.41) is 6.51. The number of rotatable bonds is 5. The van der Waals surface area contributed by atoms with Crippen molar-refractivity contribution in [2.45, 2.75) is 6.61 Å². The van der Waals surface area contributed by atoms with Crippen LogP contribution < -0.4 is 10.1 Å². The first-order valence-corrected chi connectivity index (χ1v) is 8.19. The molecule has 0 aliphatic heterocycles. The van der Waals surface area contributed by atoms with Gasteiger partial charge in [0.2, 0.25) is 5.76 Å². The van der Waals surface area contributed by atoms with Gasteiger partial charge in [0.25, 0.3) is 11.8 Å². The number of anilines is 1. The Bertz CT molecular complexity index is 1010. The second-order valence-electron chi connectivity index (χ2n) is 5.20. The number of amides is 1. The van der Waals surface area contributed by atoms with Crippen molar-refractivity contribution in [1.29, 1.82) is 0 Å². The van der Waals surface area contributed by atoms with Crippen LogP contribution in [0, 0.1) is 0 Å². The highest BCUT2D eigenvalue weighted by atomic mass is 32.1. The van der Waals surface area contributed by atoms with Crippen molar-refractivity contribution >= 4 is 34.4 Å². The van der Waals surface area contributed by atoms with Gasteiger partial charge in [-0.15, -0.1) is 0 Å². The number of carbonyl (C=O) groups excluding carboxylic acids is 1. The monoisotopic (exact) mass is 352 g/mol. The first-order chi connectivity index (χ1) is 12.3. The minimum Gasteiger partial charge on any atom is -0.471 e. The Labute approximate surface area is 146 Å². The zero-order chi connectivity index (χ0) is 17.1. The van der Waals surface area contributed by atoms with Gasteiger partial charge in [-0.1, -0.05) is 36.4 Å². The normalized spacial score (nSPS) is 10.7. The number of benzene rings is 2. The third-order valence-corrected chi connectivity index (χ3v) is 4.02. The molecule has 0 atom stereocenters. The van der Waals surface area contributed by atoms with Gasteiger partial charge in [-0.3, -0.25) is 4.79 Å². The second kappa shape index (κ2) is 6.70. The topological polar surface area (TPSA) is 90.1 Å². The molecule has 2 heterocycles. The lowest BCUT2D eigenvalue weighted by Crippen LogP contribution is -2.11. The van der Waals surface area contributed by atoms with E-state index in [1.807, 2.05) is 36.4 Å². The van der Waals surface area contributed by atoms with Crippen LogP contribution in [0.4, 0.5) is 5.69 Å². The molecule has 8 heteroatoms. The number of carbonyl (C=O) groups is 1. The molecule has 0 unspecified atom stereocenters. The van der Waals surface area contributed by atoms with Crippen LogP contribution in [0.15, 0.2) is 59.1 Å². The quantitative estimate of drug-likeness (QED) is 0.591. The van der Waals surface area contributed by atoms with Gasteiger partial charge in [0.15, 0.2) is 0 Å². The molecule has 0 aliphatic rings. The van der Waals surface area contributed by atoms with E-state index in [1.165, 1.54) is 6.07 Å². The highest BCUT2D eigenvalue weighted by molar-refractivity contribution is 7.00. The van der Waals surface area contributed by atoms with E-state index in [-0.39, 0.29) is 11.6 Å². The van der Waals surface area contributed by atoms with E-state index < -0.39 is 5.91 Å². The number of aromatic nitrogens is 3. The van der Waals surface area contributed by atoms with Crippen molar-refractivity contribution in [1.82, 2.24) is 13.9 Å². The highest BCUT2D eigenvalue weighted by Gasteiger charge is 2.16. The maximum Gasteiger partial charge on any atom is 0.294 e. The average Bonchev–Trinajstić information content (AvgIpc) is 3.31. The Kier molecular flexibility index (Phi) is 4.09. The number of hydrogen-bond donors (Lipinski definition) is 1. The van der Waals surface area contributed by atoms with E-state index in [0.29, 0.717) is 17.8 Å². The Morgan fingerprint density at radius 1 is 1.12 bits per heavy atom. The molecule has 4 aromatic rings. The van der Waals surface area contributed by atoms with Crippen LogP contribution in [0.5, 0.6) is 5.88 Å². The molecular weight excluding hydrogens is 340 g/mol. The second-order valence-corrected chi connectivity index (χ2v) is 5.72. The van der Waals surface area contributed by atoms with Gasteiger partial charge in [-0.25, -0.2) is 0 Å². The van der Waals surface area contributed by atoms with Crippen molar-refractivity contribution in [3.8, 4) is 5.88 Å². The first kappa shape index (κ1) is 15.3. The lowest BCUT2D eigenvalue weighted by Gasteiger charge is -2.02. The van der Waals surface area contributed by atoms with Crippen molar-refractivity contribution in [3.63, 3.8) is 0 Å². The third kappa shape index (κ3) is 3.33. The molecule has 4 rings (SSSR count). The fourth-order valence-electron chi connectivity index (χ4n) is 2.26. The molecule has 124 valence electrons. The SMILES string of the molecule is O=C(Nc1cccc2nsnc12)c1cc(OCc2ccccc2)no1. The minimum absolute atomic E-state index is 0.0586. The van der Waals surface area contributed by atoms with Crippen LogP contribution in [-0.4, -0.2) is 19.8 Å². The van der Waals surface area contributed by atoms with Gasteiger partial charge in [0.05, 0.1) is 23.5 Å². The van der Waals surface area contributed by atoms with Crippen molar-refractivity contribution in [2.24, 2.45) is 0 Å². The maximum absolute atomic E-state index is 12.3. The Morgan fingerprint density at radius 2 is 2.00 bits per heavy atom. The smallest absolute Gasteiger partial charge is 0.294 e. The van der Waals surface area contributed by atoms with E-state index in [1.54, 1.807) is 12.1 Å². The van der Waals surface area contributed by atoms with Gasteiger partial charge in [0.1, 0.15) is 17.6 Å². The summed E-state index contributed by atoms with van der Waals surface area (Å²) in [5.74, 6) is -0.117. The van der Waals surface area contributed by atoms with E-state index in [0.717, 1.165) is 22.8 Å². The van der Waals surface area contributed by atoms with Crippen molar-refractivity contribution in [2.75, 3.05) is 5.32 Å². The third-order valence-electron chi connectivity index (χ3n) is 3.48. The Hall–Kier alpha value is -3.26. The standard InChI is InChI=1S/C17H12N4O3S/c22-17(18-12-7-4-8-13-16(12)21-25-20-13)14-9-15(19-24-14)23-10-11-5-2-1-3-6-11/h1-9H,10H2,(H,18,22). The highest BCUT2D eigenvalue weighted by Crippen LogP contribution is 2.22. The maximum atomic E-state index is 12.3. The molecule has 7 nitrogen and oxygen atoms in total. The van der Waals surface area contributed by atoms with Crippen LogP contribution in [0.25, 0.3) is 11.0 Å². The molecule has 0 bridgehead atoms. The van der Waals surface area contributed by atoms with Crippen LogP contribution in [-0.2, 0) is 6.61 Å². The molecule has 0 saturated heterocycles. The summed E-state index contributed by atoms with van der Waals surface area (Å²) >= 11 is 1.09. The van der Waals surface area contributed by atoms with Gasteiger partial charge >= 0.3 is 0 Å². The summed E-state index contributed by atoms with van der Waals surface area (Å²) in [5.41, 5.74) is 2.94. The molecule has 1 N–H and O–H groups in total. The molecule has 1 amide bonds. The number of nitrogens with one attached hydrogen (secondary N) is 1. The van der Waals surface area contributed by atoms with E-state index in [2.05, 4.69) is 19.2 Å². The first-order valence-electron chi connectivity index (χ1n) is 7.46. The van der Waals surface area contributed by atoms with Crippen molar-refractivity contribution in [3.05, 3.63) is 65.9 Å². The zero-order valence-corrected chi connectivity index (χ0v) is 13.7. The molecule has 0 spiro atoms. The number of ether oxygens (including phenoxy) is 1. The summed E-state index contributed by atoms with van der Waals surface area (Å²) in [6.07, 6.45) is 0. The summed E-state index contributed by atoms with van der Waals surface area (Å²) in [6.45, 7) is 0.345. The van der Waals surface area contributed by atoms with E-state index in [9.17, 15) is 4.79 Å². The van der Waals surface area contributed by atoms with Gasteiger partial charge in [0, 0.05) is 0 Å². The predicted molar refractivity (Wildman–Crippen MR) is 92.6 cm³/mol. The van der Waals surface area contributed by atoms with E-state index >= 15 is 0 Å². The molecule has 0 fully saturated rings. The largest absolute Gasteiger partial charge is 0.471 e. The summed E-state index contributed by atoms with van der Waals surface area (Å²) < 4.78 is 18.9. The Balaban J connectivity index is 1.44. The molecule has 0 aliphatic carbocycles. The fourth-order valence-corrected chi connectivity index (χ4v) is 2.81. The number of fused-ring (bicyclic) bond motifs is 1. The van der Waals surface area contributed by atoms with Crippen molar-refractivity contribution < 1.29 is 14.1 Å². The lowest BCUT2D eigenvalue weighted by atomic mass is 10.2. The number of hydrogen-bond acceptors (Lipinski definition) is 7. The van der Waals surface area contributed by atoms with Crippen LogP contribution in [0.1, 0.15) is 16.1 Å². The molecule has 2 aromatic carbocycles. The summed E-state index contributed by atoms with van der Waals surface area (Å²) in [7, 11) is 0. The average molecular weight is 352 g/mol. The summed E-state index contributed by atoms with van der Waals surface area (Å²) in [4.78, 5) is 12.3. The molecular formula is C17H12N4O3S.